The van der Waals surface area contributed by atoms with E-state index in [4.69, 9.17) is 0 Å². The van der Waals surface area contributed by atoms with Gasteiger partial charge in [-0.15, -0.1) is 0 Å². The van der Waals surface area contributed by atoms with Crippen molar-refractivity contribution < 1.29 is 0 Å². The van der Waals surface area contributed by atoms with Crippen molar-refractivity contribution in [3.05, 3.63) is 65.5 Å². The lowest BCUT2D eigenvalue weighted by Crippen LogP contribution is -1.94. The molecular formula is C15H16BrN. The third-order valence-electron chi connectivity index (χ3n) is 2.78. The molecule has 0 aliphatic rings. The Morgan fingerprint density at radius 1 is 1.18 bits per heavy atom. The fourth-order valence-electron chi connectivity index (χ4n) is 1.88. The number of aryl methyl sites for hydroxylation is 2. The molecule has 1 unspecified atom stereocenters. The molecule has 0 saturated heterocycles. The molecule has 2 rings (SSSR count). The third-order valence-corrected chi connectivity index (χ3v) is 3.77. The Balaban J connectivity index is 1.95. The second kappa shape index (κ2) is 5.97. The molecule has 0 spiro atoms. The van der Waals surface area contributed by atoms with Gasteiger partial charge in [-0.05, 0) is 36.5 Å². The molecule has 0 saturated carbocycles. The average molecular weight is 290 g/mol. The van der Waals surface area contributed by atoms with Crippen molar-refractivity contribution in [3.63, 3.8) is 0 Å². The van der Waals surface area contributed by atoms with Crippen molar-refractivity contribution in [1.29, 1.82) is 0 Å². The quantitative estimate of drug-likeness (QED) is 0.758. The molecule has 88 valence electrons. The highest BCUT2D eigenvalue weighted by atomic mass is 79.9. The van der Waals surface area contributed by atoms with Crippen molar-refractivity contribution in [2.45, 2.75) is 24.6 Å². The molecule has 0 aliphatic heterocycles. The van der Waals surface area contributed by atoms with Crippen LogP contribution in [0.15, 0.2) is 48.8 Å². The molecule has 0 bridgehead atoms. The predicted octanol–water partition coefficient (Wildman–Crippen LogP) is 4.46. The summed E-state index contributed by atoms with van der Waals surface area (Å²) in [7, 11) is 0. The van der Waals surface area contributed by atoms with Gasteiger partial charge in [0.25, 0.3) is 0 Å². The van der Waals surface area contributed by atoms with Gasteiger partial charge in [0.2, 0.25) is 0 Å². The Hall–Kier alpha value is -1.15. The third kappa shape index (κ3) is 3.67. The first kappa shape index (κ1) is 12.3. The highest BCUT2D eigenvalue weighted by Gasteiger charge is 2.06. The molecule has 1 aromatic carbocycles. The van der Waals surface area contributed by atoms with Crippen molar-refractivity contribution >= 4 is 15.9 Å². The van der Waals surface area contributed by atoms with E-state index in [9.17, 15) is 0 Å². The summed E-state index contributed by atoms with van der Waals surface area (Å²) in [5, 5.41) is 0. The first-order chi connectivity index (χ1) is 8.25. The van der Waals surface area contributed by atoms with Gasteiger partial charge in [0.15, 0.2) is 0 Å². The summed E-state index contributed by atoms with van der Waals surface area (Å²) in [6.45, 7) is 2.08. The molecular weight excluding hydrogens is 274 g/mol. The van der Waals surface area contributed by atoms with E-state index in [-0.39, 0.29) is 0 Å². The lowest BCUT2D eigenvalue weighted by Gasteiger charge is -2.10. The summed E-state index contributed by atoms with van der Waals surface area (Å²) in [5.41, 5.74) is 3.88. The smallest absolute Gasteiger partial charge is 0.0398 e. The van der Waals surface area contributed by atoms with Crippen molar-refractivity contribution in [2.24, 2.45) is 0 Å². The minimum absolute atomic E-state index is 0.421. The van der Waals surface area contributed by atoms with Gasteiger partial charge in [-0.3, -0.25) is 4.98 Å². The molecule has 1 nitrogen and oxygen atoms in total. The standard InChI is InChI=1S/C15H16BrN/c1-12-9-13(11-17-10-12)7-8-15(16)14-5-3-2-4-6-14/h2-6,9-11,15H,7-8H2,1H3. The van der Waals surface area contributed by atoms with E-state index in [0.717, 1.165) is 12.8 Å². The minimum atomic E-state index is 0.421. The molecule has 2 aromatic rings. The monoisotopic (exact) mass is 289 g/mol. The van der Waals surface area contributed by atoms with Crippen molar-refractivity contribution in [1.82, 2.24) is 4.98 Å². The van der Waals surface area contributed by atoms with Gasteiger partial charge in [0, 0.05) is 17.2 Å². The van der Waals surface area contributed by atoms with Crippen LogP contribution < -0.4 is 0 Å². The number of halogens is 1. The largest absolute Gasteiger partial charge is 0.264 e. The van der Waals surface area contributed by atoms with Gasteiger partial charge < -0.3 is 0 Å². The normalized spacial score (nSPS) is 12.4. The van der Waals surface area contributed by atoms with Gasteiger partial charge >= 0.3 is 0 Å². The van der Waals surface area contributed by atoms with Gasteiger partial charge in [0.1, 0.15) is 0 Å². The topological polar surface area (TPSA) is 12.9 Å². The fourth-order valence-corrected chi connectivity index (χ4v) is 2.41. The summed E-state index contributed by atoms with van der Waals surface area (Å²) >= 11 is 3.74. The molecule has 1 heterocycles. The number of nitrogens with zero attached hydrogens (tertiary/aromatic N) is 1. The summed E-state index contributed by atoms with van der Waals surface area (Å²) in [6.07, 6.45) is 6.00. The van der Waals surface area contributed by atoms with Crippen LogP contribution in [0, 0.1) is 6.92 Å². The lowest BCUT2D eigenvalue weighted by molar-refractivity contribution is 0.809. The number of aromatic nitrogens is 1. The van der Waals surface area contributed by atoms with E-state index in [2.05, 4.69) is 58.2 Å². The lowest BCUT2D eigenvalue weighted by atomic mass is 10.0. The van der Waals surface area contributed by atoms with Crippen LogP contribution in [-0.4, -0.2) is 4.98 Å². The van der Waals surface area contributed by atoms with E-state index in [1.165, 1.54) is 16.7 Å². The summed E-state index contributed by atoms with van der Waals surface area (Å²) in [4.78, 5) is 4.64. The number of rotatable bonds is 4. The van der Waals surface area contributed by atoms with E-state index in [1.807, 2.05) is 18.5 Å². The maximum Gasteiger partial charge on any atom is 0.0398 e. The molecule has 0 radical (unpaired) electrons. The predicted molar refractivity (Wildman–Crippen MR) is 75.4 cm³/mol. The summed E-state index contributed by atoms with van der Waals surface area (Å²) in [5.74, 6) is 0. The van der Waals surface area contributed by atoms with Gasteiger partial charge in [0.05, 0.1) is 0 Å². The van der Waals surface area contributed by atoms with Crippen LogP contribution >= 0.6 is 15.9 Å². The Kier molecular flexibility index (Phi) is 4.32. The van der Waals surface area contributed by atoms with Crippen LogP contribution in [0.4, 0.5) is 0 Å². The molecule has 17 heavy (non-hydrogen) atoms. The molecule has 0 aliphatic carbocycles. The van der Waals surface area contributed by atoms with Crippen LogP contribution in [0.25, 0.3) is 0 Å². The zero-order valence-corrected chi connectivity index (χ0v) is 11.5. The SMILES string of the molecule is Cc1cncc(CCC(Br)c2ccccc2)c1. The van der Waals surface area contributed by atoms with Gasteiger partial charge in [-0.25, -0.2) is 0 Å². The number of hydrogen-bond acceptors (Lipinski definition) is 1. The van der Waals surface area contributed by atoms with Crippen LogP contribution in [-0.2, 0) is 6.42 Å². The fraction of sp³-hybridized carbons (Fsp3) is 0.267. The van der Waals surface area contributed by atoms with E-state index in [1.54, 1.807) is 0 Å². The van der Waals surface area contributed by atoms with Crippen LogP contribution in [0.1, 0.15) is 27.9 Å². The molecule has 2 heteroatoms. The second-order valence-electron chi connectivity index (χ2n) is 4.29. The maximum atomic E-state index is 4.22. The summed E-state index contributed by atoms with van der Waals surface area (Å²) < 4.78 is 0. The highest BCUT2D eigenvalue weighted by molar-refractivity contribution is 9.09. The number of hydrogen-bond donors (Lipinski definition) is 0. The van der Waals surface area contributed by atoms with Crippen molar-refractivity contribution in [2.75, 3.05) is 0 Å². The summed E-state index contributed by atoms with van der Waals surface area (Å²) in [6, 6.07) is 12.7. The first-order valence-electron chi connectivity index (χ1n) is 5.85. The number of alkyl halides is 1. The average Bonchev–Trinajstić information content (AvgIpc) is 2.37. The Morgan fingerprint density at radius 3 is 2.65 bits per heavy atom. The highest BCUT2D eigenvalue weighted by Crippen LogP contribution is 2.27. The van der Waals surface area contributed by atoms with E-state index >= 15 is 0 Å². The zero-order chi connectivity index (χ0) is 12.1. The van der Waals surface area contributed by atoms with Crippen molar-refractivity contribution in [3.8, 4) is 0 Å². The van der Waals surface area contributed by atoms with Crippen LogP contribution in [0.5, 0.6) is 0 Å². The zero-order valence-electron chi connectivity index (χ0n) is 9.94. The molecule has 1 aromatic heterocycles. The molecule has 0 fully saturated rings. The molecule has 0 amide bonds. The molecule has 0 N–H and O–H groups in total. The van der Waals surface area contributed by atoms with Gasteiger partial charge in [-0.2, -0.15) is 0 Å². The van der Waals surface area contributed by atoms with Gasteiger partial charge in [-0.1, -0.05) is 52.3 Å². The van der Waals surface area contributed by atoms with Crippen LogP contribution in [0.3, 0.4) is 0 Å². The van der Waals surface area contributed by atoms with E-state index in [0.29, 0.717) is 4.83 Å². The van der Waals surface area contributed by atoms with E-state index < -0.39 is 0 Å². The number of pyridine rings is 1. The molecule has 1 atom stereocenters. The Labute approximate surface area is 111 Å². The number of benzene rings is 1. The minimum Gasteiger partial charge on any atom is -0.264 e. The Bertz CT molecular complexity index is 467. The Morgan fingerprint density at radius 2 is 1.94 bits per heavy atom. The first-order valence-corrected chi connectivity index (χ1v) is 6.77. The second-order valence-corrected chi connectivity index (χ2v) is 5.39. The maximum absolute atomic E-state index is 4.22. The van der Waals surface area contributed by atoms with Crippen LogP contribution in [0.2, 0.25) is 0 Å².